The summed E-state index contributed by atoms with van der Waals surface area (Å²) in [6, 6.07) is 8.37. The second kappa shape index (κ2) is 5.15. The van der Waals surface area contributed by atoms with Gasteiger partial charge in [0.15, 0.2) is 0 Å². The van der Waals surface area contributed by atoms with Gasteiger partial charge in [-0.15, -0.1) is 11.3 Å². The highest BCUT2D eigenvalue weighted by Crippen LogP contribution is 2.30. The highest BCUT2D eigenvalue weighted by molar-refractivity contribution is 7.94. The lowest BCUT2D eigenvalue weighted by molar-refractivity contribution is 0.0701. The van der Waals surface area contributed by atoms with Gasteiger partial charge >= 0.3 is 5.97 Å². The molecule has 0 amide bonds. The predicted octanol–water partition coefficient (Wildman–Crippen LogP) is 3.04. The average Bonchev–Trinajstić information content (AvgIpc) is 3.05. The van der Waals surface area contributed by atoms with E-state index in [1.54, 1.807) is 31.3 Å². The molecule has 0 bridgehead atoms. The number of hydrogen-bond acceptors (Lipinski definition) is 4. The molecule has 0 radical (unpaired) electrons. The highest BCUT2D eigenvalue weighted by Gasteiger charge is 2.22. The topological polar surface area (TPSA) is 99.3 Å². The van der Waals surface area contributed by atoms with E-state index in [1.165, 1.54) is 6.07 Å². The minimum atomic E-state index is -3.83. The van der Waals surface area contributed by atoms with E-state index in [1.807, 2.05) is 6.07 Å². The molecule has 0 aliphatic carbocycles. The third-order valence-corrected chi connectivity index (χ3v) is 6.26. The molecule has 114 valence electrons. The van der Waals surface area contributed by atoms with Crippen molar-refractivity contribution < 1.29 is 18.3 Å². The molecule has 0 aliphatic heterocycles. The third kappa shape index (κ3) is 2.46. The number of carbonyl (C=O) groups is 1. The van der Waals surface area contributed by atoms with Crippen molar-refractivity contribution in [2.45, 2.75) is 11.1 Å². The standard InChI is InChI=1S/C14H12N2O4S2/c1-8-7-12(21-13(8)14(17)18)22(19,20)16-11-4-2-3-10-9(11)5-6-15-10/h2-7,15-16H,1H3,(H,17,18). The van der Waals surface area contributed by atoms with Crippen LogP contribution < -0.4 is 4.72 Å². The number of rotatable bonds is 4. The van der Waals surface area contributed by atoms with Crippen molar-refractivity contribution in [3.63, 3.8) is 0 Å². The zero-order chi connectivity index (χ0) is 15.9. The summed E-state index contributed by atoms with van der Waals surface area (Å²) in [5.74, 6) is -1.13. The number of carboxylic acid groups (broad SMARTS) is 1. The summed E-state index contributed by atoms with van der Waals surface area (Å²) in [6.45, 7) is 1.58. The molecular weight excluding hydrogens is 324 g/mol. The molecule has 0 unspecified atom stereocenters. The number of hydrogen-bond donors (Lipinski definition) is 3. The highest BCUT2D eigenvalue weighted by atomic mass is 32.2. The van der Waals surface area contributed by atoms with Crippen molar-refractivity contribution in [1.29, 1.82) is 0 Å². The van der Waals surface area contributed by atoms with Crippen LogP contribution in [0.2, 0.25) is 0 Å². The van der Waals surface area contributed by atoms with E-state index in [4.69, 9.17) is 5.11 Å². The molecule has 2 heterocycles. The van der Waals surface area contributed by atoms with Gasteiger partial charge in [-0.05, 0) is 36.8 Å². The fourth-order valence-corrected chi connectivity index (χ4v) is 4.63. The van der Waals surface area contributed by atoms with Gasteiger partial charge < -0.3 is 10.1 Å². The number of nitrogens with one attached hydrogen (secondary N) is 2. The van der Waals surface area contributed by atoms with Crippen LogP contribution in [0.25, 0.3) is 10.9 Å². The zero-order valence-electron chi connectivity index (χ0n) is 11.5. The van der Waals surface area contributed by atoms with E-state index in [9.17, 15) is 13.2 Å². The van der Waals surface area contributed by atoms with Crippen LogP contribution in [0.5, 0.6) is 0 Å². The van der Waals surface area contributed by atoms with Gasteiger partial charge in [0, 0.05) is 17.1 Å². The number of aryl methyl sites for hydroxylation is 1. The number of carboxylic acids is 1. The summed E-state index contributed by atoms with van der Waals surface area (Å²) < 4.78 is 27.4. The molecule has 0 atom stereocenters. The number of H-pyrrole nitrogens is 1. The summed E-state index contributed by atoms with van der Waals surface area (Å²) >= 11 is 0.743. The average molecular weight is 336 g/mol. The number of aromatic nitrogens is 1. The Morgan fingerprint density at radius 2 is 2.09 bits per heavy atom. The van der Waals surface area contributed by atoms with E-state index >= 15 is 0 Å². The molecule has 3 N–H and O–H groups in total. The number of sulfonamides is 1. The quantitative estimate of drug-likeness (QED) is 0.682. The van der Waals surface area contributed by atoms with Crippen molar-refractivity contribution in [2.24, 2.45) is 0 Å². The number of aromatic carboxylic acids is 1. The maximum Gasteiger partial charge on any atom is 0.346 e. The third-order valence-electron chi connectivity index (χ3n) is 3.19. The van der Waals surface area contributed by atoms with Gasteiger partial charge in [0.25, 0.3) is 10.0 Å². The molecule has 8 heteroatoms. The molecular formula is C14H12N2O4S2. The Balaban J connectivity index is 2.02. The Morgan fingerprint density at radius 3 is 2.77 bits per heavy atom. The summed E-state index contributed by atoms with van der Waals surface area (Å²) in [4.78, 5) is 14.1. The van der Waals surface area contributed by atoms with Gasteiger partial charge in [0.2, 0.25) is 0 Å². The van der Waals surface area contributed by atoms with Gasteiger partial charge in [0.1, 0.15) is 9.09 Å². The Morgan fingerprint density at radius 1 is 1.32 bits per heavy atom. The van der Waals surface area contributed by atoms with Crippen LogP contribution in [0.4, 0.5) is 5.69 Å². The molecule has 2 aromatic heterocycles. The molecule has 0 saturated carbocycles. The van der Waals surface area contributed by atoms with Crippen LogP contribution in [0, 0.1) is 6.92 Å². The van der Waals surface area contributed by atoms with Crippen molar-refractivity contribution in [3.05, 3.63) is 47.0 Å². The SMILES string of the molecule is Cc1cc(S(=O)(=O)Nc2cccc3[nH]ccc23)sc1C(=O)O. The molecule has 6 nitrogen and oxygen atoms in total. The molecule has 3 rings (SSSR count). The predicted molar refractivity (Wildman–Crippen MR) is 85.1 cm³/mol. The lowest BCUT2D eigenvalue weighted by Gasteiger charge is -2.07. The van der Waals surface area contributed by atoms with Gasteiger partial charge in [-0.1, -0.05) is 6.07 Å². The normalized spacial score (nSPS) is 11.7. The molecule has 0 spiro atoms. The fraction of sp³-hybridized carbons (Fsp3) is 0.0714. The maximum absolute atomic E-state index is 12.5. The van der Waals surface area contributed by atoms with Crippen LogP contribution in [0.3, 0.4) is 0 Å². The van der Waals surface area contributed by atoms with Crippen molar-refractivity contribution in [2.75, 3.05) is 4.72 Å². The van der Waals surface area contributed by atoms with Crippen LogP contribution >= 0.6 is 11.3 Å². The number of anilines is 1. The minimum Gasteiger partial charge on any atom is -0.477 e. The zero-order valence-corrected chi connectivity index (χ0v) is 13.1. The van der Waals surface area contributed by atoms with Crippen LogP contribution in [-0.4, -0.2) is 24.5 Å². The second-order valence-corrected chi connectivity index (χ2v) is 7.69. The summed E-state index contributed by atoms with van der Waals surface area (Å²) in [5, 5.41) is 9.79. The monoisotopic (exact) mass is 336 g/mol. The maximum atomic E-state index is 12.5. The van der Waals surface area contributed by atoms with E-state index in [2.05, 4.69) is 9.71 Å². The van der Waals surface area contributed by atoms with Gasteiger partial charge in [0.05, 0.1) is 5.69 Å². The van der Waals surface area contributed by atoms with E-state index in [0.29, 0.717) is 11.3 Å². The van der Waals surface area contributed by atoms with E-state index in [-0.39, 0.29) is 9.09 Å². The molecule has 0 aliphatic rings. The molecule has 0 fully saturated rings. The molecule has 22 heavy (non-hydrogen) atoms. The van der Waals surface area contributed by atoms with Crippen LogP contribution in [0.15, 0.2) is 40.7 Å². The first-order chi connectivity index (χ1) is 10.4. The van der Waals surface area contributed by atoms with Gasteiger partial charge in [-0.2, -0.15) is 0 Å². The van der Waals surface area contributed by atoms with Gasteiger partial charge in [-0.3, -0.25) is 4.72 Å². The Labute approximate surface area is 130 Å². The largest absolute Gasteiger partial charge is 0.477 e. The van der Waals surface area contributed by atoms with Crippen LogP contribution in [-0.2, 0) is 10.0 Å². The Hall–Kier alpha value is -2.32. The summed E-state index contributed by atoms with van der Waals surface area (Å²) in [7, 11) is -3.83. The number of fused-ring (bicyclic) bond motifs is 1. The summed E-state index contributed by atoms with van der Waals surface area (Å²) in [5.41, 5.74) is 1.69. The minimum absolute atomic E-state index is 0.0186. The molecule has 3 aromatic rings. The second-order valence-electron chi connectivity index (χ2n) is 4.73. The number of thiophene rings is 1. The van der Waals surface area contributed by atoms with Crippen molar-refractivity contribution in [1.82, 2.24) is 4.98 Å². The van der Waals surface area contributed by atoms with Crippen molar-refractivity contribution >= 4 is 43.9 Å². The first kappa shape index (κ1) is 14.6. The Kier molecular flexibility index (Phi) is 3.42. The molecule has 0 saturated heterocycles. The lowest BCUT2D eigenvalue weighted by atomic mass is 10.2. The first-order valence-electron chi connectivity index (χ1n) is 6.31. The lowest BCUT2D eigenvalue weighted by Crippen LogP contribution is -2.11. The molecule has 1 aromatic carbocycles. The fourth-order valence-electron chi connectivity index (χ4n) is 2.17. The van der Waals surface area contributed by atoms with E-state index < -0.39 is 16.0 Å². The Bertz CT molecular complexity index is 970. The number of benzene rings is 1. The number of aromatic amines is 1. The van der Waals surface area contributed by atoms with Gasteiger partial charge in [-0.25, -0.2) is 13.2 Å². The first-order valence-corrected chi connectivity index (χ1v) is 8.61. The van der Waals surface area contributed by atoms with Crippen molar-refractivity contribution in [3.8, 4) is 0 Å². The summed E-state index contributed by atoms with van der Waals surface area (Å²) in [6.07, 6.45) is 1.72. The smallest absolute Gasteiger partial charge is 0.346 e. The van der Waals surface area contributed by atoms with Crippen LogP contribution in [0.1, 0.15) is 15.2 Å². The van der Waals surface area contributed by atoms with E-state index in [0.717, 1.165) is 22.2 Å².